The quantitative estimate of drug-likeness (QED) is 0.829. The first kappa shape index (κ1) is 18.3. The van der Waals surface area contributed by atoms with E-state index in [4.69, 9.17) is 16.3 Å². The number of benzene rings is 1. The Hall–Kier alpha value is -2.11. The van der Waals surface area contributed by atoms with Gasteiger partial charge in [-0.05, 0) is 56.3 Å². The Morgan fingerprint density at radius 1 is 1.11 bits per heavy atom. The molecule has 142 valence electrons. The largest absolute Gasteiger partial charge is 0.490 e. The highest BCUT2D eigenvalue weighted by atomic mass is 35.5. The van der Waals surface area contributed by atoms with Gasteiger partial charge in [0.2, 0.25) is 0 Å². The lowest BCUT2D eigenvalue weighted by molar-refractivity contribution is 0.00892. The Morgan fingerprint density at radius 2 is 1.85 bits per heavy atom. The van der Waals surface area contributed by atoms with E-state index in [2.05, 4.69) is 15.2 Å². The molecule has 2 aromatic rings. The van der Waals surface area contributed by atoms with Crippen LogP contribution in [-0.4, -0.2) is 41.0 Å². The first-order valence-corrected chi connectivity index (χ1v) is 9.98. The van der Waals surface area contributed by atoms with Crippen molar-refractivity contribution in [1.29, 1.82) is 0 Å². The van der Waals surface area contributed by atoms with Crippen LogP contribution in [-0.2, 0) is 0 Å². The standard InChI is InChI=1S/C21H24ClN3O2/c22-19-8-9-23-14-20(19)24-21(26)15-4-6-17(7-5-15)27-18-12-16(13-18)25-10-2-1-3-11-25/h4-9,14,16,18H,1-3,10-13H2,(H,24,26)/t16-,18-. The van der Waals surface area contributed by atoms with Crippen LogP contribution in [0.2, 0.25) is 5.02 Å². The number of nitrogens with one attached hydrogen (secondary N) is 1. The molecule has 2 fully saturated rings. The van der Waals surface area contributed by atoms with Gasteiger partial charge in [0.15, 0.2) is 0 Å². The molecule has 1 aromatic heterocycles. The van der Waals surface area contributed by atoms with Gasteiger partial charge < -0.3 is 15.0 Å². The van der Waals surface area contributed by atoms with Crippen LogP contribution in [0, 0.1) is 0 Å². The summed E-state index contributed by atoms with van der Waals surface area (Å²) in [5, 5.41) is 3.24. The van der Waals surface area contributed by atoms with E-state index in [1.807, 2.05) is 12.1 Å². The van der Waals surface area contributed by atoms with E-state index in [0.717, 1.165) is 18.6 Å². The highest BCUT2D eigenvalue weighted by molar-refractivity contribution is 6.33. The molecule has 1 aromatic carbocycles. The number of carbonyl (C=O) groups excluding carboxylic acids is 1. The fourth-order valence-electron chi connectivity index (χ4n) is 3.76. The summed E-state index contributed by atoms with van der Waals surface area (Å²) in [6.45, 7) is 2.48. The third kappa shape index (κ3) is 4.42. The predicted octanol–water partition coefficient (Wildman–Crippen LogP) is 4.38. The first-order valence-electron chi connectivity index (χ1n) is 9.61. The molecule has 1 N–H and O–H groups in total. The molecule has 6 heteroatoms. The highest BCUT2D eigenvalue weighted by Crippen LogP contribution is 2.31. The molecule has 0 atom stereocenters. The number of carbonyl (C=O) groups is 1. The zero-order valence-corrected chi connectivity index (χ0v) is 16.0. The molecule has 27 heavy (non-hydrogen) atoms. The van der Waals surface area contributed by atoms with Gasteiger partial charge in [0.1, 0.15) is 11.9 Å². The van der Waals surface area contributed by atoms with Crippen molar-refractivity contribution >= 4 is 23.2 Å². The van der Waals surface area contributed by atoms with Crippen LogP contribution < -0.4 is 10.1 Å². The third-order valence-electron chi connectivity index (χ3n) is 5.41. The minimum atomic E-state index is -0.217. The smallest absolute Gasteiger partial charge is 0.255 e. The number of hydrogen-bond acceptors (Lipinski definition) is 4. The second kappa shape index (κ2) is 8.28. The number of likely N-dealkylation sites (tertiary alicyclic amines) is 1. The Morgan fingerprint density at radius 3 is 2.56 bits per heavy atom. The van der Waals surface area contributed by atoms with Crippen molar-refractivity contribution in [3.8, 4) is 5.75 Å². The molecule has 4 rings (SSSR count). The second-order valence-electron chi connectivity index (χ2n) is 7.30. The lowest BCUT2D eigenvalue weighted by Crippen LogP contribution is -2.50. The molecule has 1 amide bonds. The molecule has 1 aliphatic carbocycles. The number of nitrogens with zero attached hydrogens (tertiary/aromatic N) is 2. The molecule has 2 aliphatic rings. The summed E-state index contributed by atoms with van der Waals surface area (Å²) in [5.74, 6) is 0.596. The van der Waals surface area contributed by atoms with Crippen LogP contribution in [0.4, 0.5) is 5.69 Å². The minimum Gasteiger partial charge on any atom is -0.490 e. The van der Waals surface area contributed by atoms with Gasteiger partial charge in [0, 0.05) is 30.6 Å². The maximum Gasteiger partial charge on any atom is 0.255 e. The lowest BCUT2D eigenvalue weighted by atomic mass is 9.86. The molecule has 0 radical (unpaired) electrons. The molecule has 5 nitrogen and oxygen atoms in total. The molecule has 0 unspecified atom stereocenters. The first-order chi connectivity index (χ1) is 13.2. The van der Waals surface area contributed by atoms with Gasteiger partial charge in [-0.25, -0.2) is 0 Å². The zero-order chi connectivity index (χ0) is 18.6. The summed E-state index contributed by atoms with van der Waals surface area (Å²) in [4.78, 5) is 18.9. The number of piperidine rings is 1. The topological polar surface area (TPSA) is 54.5 Å². The second-order valence-corrected chi connectivity index (χ2v) is 7.70. The average Bonchev–Trinajstić information content (AvgIpc) is 2.67. The zero-order valence-electron chi connectivity index (χ0n) is 15.2. The minimum absolute atomic E-state index is 0.217. The Balaban J connectivity index is 1.28. The van der Waals surface area contributed by atoms with E-state index < -0.39 is 0 Å². The summed E-state index contributed by atoms with van der Waals surface area (Å²) >= 11 is 6.05. The van der Waals surface area contributed by atoms with Gasteiger partial charge in [0.05, 0.1) is 16.9 Å². The number of anilines is 1. The van der Waals surface area contributed by atoms with E-state index in [0.29, 0.717) is 22.3 Å². The van der Waals surface area contributed by atoms with E-state index in [-0.39, 0.29) is 12.0 Å². The van der Waals surface area contributed by atoms with Crippen LogP contribution in [0.1, 0.15) is 42.5 Å². The third-order valence-corrected chi connectivity index (χ3v) is 5.74. The van der Waals surface area contributed by atoms with Crippen LogP contribution in [0.3, 0.4) is 0 Å². The molecule has 0 bridgehead atoms. The number of halogens is 1. The van der Waals surface area contributed by atoms with Gasteiger partial charge in [0.25, 0.3) is 5.91 Å². The molecule has 1 aliphatic heterocycles. The number of ether oxygens (including phenoxy) is 1. The van der Waals surface area contributed by atoms with Crippen molar-refractivity contribution in [1.82, 2.24) is 9.88 Å². The Labute approximate surface area is 164 Å². The van der Waals surface area contributed by atoms with Gasteiger partial charge in [-0.1, -0.05) is 18.0 Å². The predicted molar refractivity (Wildman–Crippen MR) is 107 cm³/mol. The van der Waals surface area contributed by atoms with Gasteiger partial charge in [-0.15, -0.1) is 0 Å². The fraction of sp³-hybridized carbons (Fsp3) is 0.429. The van der Waals surface area contributed by atoms with Crippen LogP contribution >= 0.6 is 11.6 Å². The molecule has 2 heterocycles. The summed E-state index contributed by atoms with van der Waals surface area (Å²) in [6, 6.07) is 9.58. The normalized spacial score (nSPS) is 22.7. The number of rotatable bonds is 5. The van der Waals surface area contributed by atoms with Crippen molar-refractivity contribution in [2.24, 2.45) is 0 Å². The number of aromatic nitrogens is 1. The summed E-state index contributed by atoms with van der Waals surface area (Å²) in [5.41, 5.74) is 1.06. The van der Waals surface area contributed by atoms with E-state index in [9.17, 15) is 4.79 Å². The summed E-state index contributed by atoms with van der Waals surface area (Å²) in [6.07, 6.45) is 9.63. The van der Waals surface area contributed by atoms with Crippen LogP contribution in [0.5, 0.6) is 5.75 Å². The van der Waals surface area contributed by atoms with Crippen LogP contribution in [0.25, 0.3) is 0 Å². The number of hydrogen-bond donors (Lipinski definition) is 1. The van der Waals surface area contributed by atoms with Crippen molar-refractivity contribution in [2.75, 3.05) is 18.4 Å². The van der Waals surface area contributed by atoms with E-state index >= 15 is 0 Å². The molecule has 0 spiro atoms. The van der Waals surface area contributed by atoms with Crippen LogP contribution in [0.15, 0.2) is 42.7 Å². The number of pyridine rings is 1. The van der Waals surface area contributed by atoms with Gasteiger partial charge >= 0.3 is 0 Å². The SMILES string of the molecule is O=C(Nc1cnccc1Cl)c1ccc(O[C@H]2C[C@H](N3CCCCC3)C2)cc1. The maximum atomic E-state index is 12.3. The fourth-order valence-corrected chi connectivity index (χ4v) is 3.91. The van der Waals surface area contributed by atoms with E-state index in [1.54, 1.807) is 24.4 Å². The summed E-state index contributed by atoms with van der Waals surface area (Å²) in [7, 11) is 0. The number of amides is 1. The van der Waals surface area contributed by atoms with Crippen molar-refractivity contribution in [2.45, 2.75) is 44.2 Å². The van der Waals surface area contributed by atoms with E-state index in [1.165, 1.54) is 38.5 Å². The van der Waals surface area contributed by atoms with Gasteiger partial charge in [-0.3, -0.25) is 9.78 Å². The highest BCUT2D eigenvalue weighted by Gasteiger charge is 2.35. The molecule has 1 saturated heterocycles. The Bertz CT molecular complexity index is 784. The van der Waals surface area contributed by atoms with Gasteiger partial charge in [-0.2, -0.15) is 0 Å². The average molecular weight is 386 g/mol. The summed E-state index contributed by atoms with van der Waals surface area (Å²) < 4.78 is 6.05. The maximum absolute atomic E-state index is 12.3. The lowest BCUT2D eigenvalue weighted by Gasteiger charge is -2.44. The Kier molecular flexibility index (Phi) is 5.60. The molecular weight excluding hydrogens is 362 g/mol. The van der Waals surface area contributed by atoms with Crippen molar-refractivity contribution in [3.63, 3.8) is 0 Å². The monoisotopic (exact) mass is 385 g/mol. The van der Waals surface area contributed by atoms with Crippen molar-refractivity contribution < 1.29 is 9.53 Å². The molecule has 1 saturated carbocycles. The molecular formula is C21H24ClN3O2. The van der Waals surface area contributed by atoms with Crippen molar-refractivity contribution in [3.05, 3.63) is 53.3 Å².